The summed E-state index contributed by atoms with van der Waals surface area (Å²) in [5.41, 5.74) is 1.16. The second-order valence-corrected chi connectivity index (χ2v) is 9.65. The average Bonchev–Trinajstić information content (AvgIpc) is 3.15. The Labute approximate surface area is 212 Å². The number of nitrogens with one attached hydrogen (secondary N) is 1. The fourth-order valence-electron chi connectivity index (χ4n) is 5.17. The van der Waals surface area contributed by atoms with Gasteiger partial charge in [-0.2, -0.15) is 0 Å². The highest BCUT2D eigenvalue weighted by Gasteiger charge is 2.40. The number of halogens is 1. The van der Waals surface area contributed by atoms with E-state index >= 15 is 4.39 Å². The second kappa shape index (κ2) is 9.99. The number of hydrogen-bond acceptors (Lipinski definition) is 6. The van der Waals surface area contributed by atoms with Crippen LogP contribution in [0.5, 0.6) is 5.75 Å². The lowest BCUT2D eigenvalue weighted by Gasteiger charge is -2.35. The Bertz CT molecular complexity index is 1280. The molecular formula is C27H30FN3O5. The molecule has 0 aliphatic carbocycles. The number of imide groups is 1. The van der Waals surface area contributed by atoms with Gasteiger partial charge in [-0.25, -0.2) is 4.39 Å². The minimum atomic E-state index is -2.52. The molecule has 3 unspecified atom stereocenters. The molecule has 0 spiro atoms. The Morgan fingerprint density at radius 2 is 1.94 bits per heavy atom. The number of piperidine rings is 1. The van der Waals surface area contributed by atoms with Gasteiger partial charge in [0.2, 0.25) is 11.8 Å². The zero-order valence-electron chi connectivity index (χ0n) is 22.3. The molecule has 190 valence electrons. The van der Waals surface area contributed by atoms with Crippen LogP contribution in [0.4, 0.5) is 4.39 Å². The number of rotatable bonds is 6. The molecule has 0 radical (unpaired) electrons. The van der Waals surface area contributed by atoms with Crippen LogP contribution >= 0.6 is 0 Å². The van der Waals surface area contributed by atoms with Crippen molar-refractivity contribution in [2.45, 2.75) is 64.6 Å². The first-order valence-corrected chi connectivity index (χ1v) is 12.1. The molecule has 2 aromatic rings. The molecule has 8 nitrogen and oxygen atoms in total. The second-order valence-electron chi connectivity index (χ2n) is 9.65. The van der Waals surface area contributed by atoms with Crippen LogP contribution in [0.2, 0.25) is 0 Å². The Balaban J connectivity index is 1.33. The summed E-state index contributed by atoms with van der Waals surface area (Å²) in [5.74, 6) is -1.95. The monoisotopic (exact) mass is 497 g/mol. The molecule has 3 atom stereocenters. The van der Waals surface area contributed by atoms with Crippen LogP contribution in [0.25, 0.3) is 0 Å². The van der Waals surface area contributed by atoms with Crippen LogP contribution in [-0.2, 0) is 34.0 Å². The average molecular weight is 498 g/mol. The summed E-state index contributed by atoms with van der Waals surface area (Å²) in [5, 5.41) is 2.25. The molecule has 2 saturated heterocycles. The Morgan fingerprint density at radius 3 is 2.67 bits per heavy atom. The van der Waals surface area contributed by atoms with Crippen LogP contribution in [-0.4, -0.2) is 58.9 Å². The first kappa shape index (κ1) is 21.9. The maximum absolute atomic E-state index is 15.2. The Morgan fingerprint density at radius 1 is 1.17 bits per heavy atom. The van der Waals surface area contributed by atoms with Gasteiger partial charge in [-0.05, 0) is 44.0 Å². The van der Waals surface area contributed by atoms with Crippen molar-refractivity contribution >= 4 is 17.7 Å². The van der Waals surface area contributed by atoms with Crippen molar-refractivity contribution in [3.05, 3.63) is 64.5 Å². The molecule has 2 fully saturated rings. The van der Waals surface area contributed by atoms with Crippen LogP contribution in [0.1, 0.15) is 56.5 Å². The number of morpholine rings is 1. The molecule has 0 saturated carbocycles. The van der Waals surface area contributed by atoms with Gasteiger partial charge in [0, 0.05) is 42.7 Å². The van der Waals surface area contributed by atoms with E-state index in [0.29, 0.717) is 12.1 Å². The molecule has 0 bridgehead atoms. The van der Waals surface area contributed by atoms with E-state index in [0.717, 1.165) is 18.7 Å². The maximum Gasteiger partial charge on any atom is 0.255 e. The molecule has 9 heteroatoms. The summed E-state index contributed by atoms with van der Waals surface area (Å²) in [6.07, 6.45) is 0.495. The Kier molecular flexibility index (Phi) is 6.09. The van der Waals surface area contributed by atoms with Gasteiger partial charge in [-0.3, -0.25) is 24.6 Å². The highest BCUT2D eigenvalue weighted by atomic mass is 19.1. The largest absolute Gasteiger partial charge is 0.488 e. The third kappa shape index (κ3) is 4.99. The first-order valence-electron chi connectivity index (χ1n) is 13.1. The van der Waals surface area contributed by atoms with Crippen molar-refractivity contribution in [1.29, 1.82) is 0 Å². The van der Waals surface area contributed by atoms with E-state index in [-0.39, 0.29) is 54.4 Å². The topological polar surface area (TPSA) is 88.2 Å². The van der Waals surface area contributed by atoms with E-state index in [2.05, 4.69) is 10.2 Å². The highest BCUT2D eigenvalue weighted by molar-refractivity contribution is 6.05. The highest BCUT2D eigenvalue weighted by Crippen LogP contribution is 2.34. The number of benzene rings is 2. The number of amides is 3. The summed E-state index contributed by atoms with van der Waals surface area (Å²) in [6.45, 7) is 3.46. The lowest BCUT2D eigenvalue weighted by Crippen LogP contribution is -2.52. The summed E-state index contributed by atoms with van der Waals surface area (Å²) in [6, 6.07) is 8.25. The summed E-state index contributed by atoms with van der Waals surface area (Å²) in [7, 11) is 0. The van der Waals surface area contributed by atoms with Gasteiger partial charge in [0.1, 0.15) is 24.2 Å². The van der Waals surface area contributed by atoms with E-state index < -0.39 is 30.2 Å². The number of ether oxygens (including phenoxy) is 2. The number of hydrogen-bond donors (Lipinski definition) is 1. The van der Waals surface area contributed by atoms with Gasteiger partial charge in [-0.15, -0.1) is 0 Å². The van der Waals surface area contributed by atoms with Crippen LogP contribution in [0.3, 0.4) is 0 Å². The molecule has 3 heterocycles. The SMILES string of the molecule is [2H]C([2H])(Oc1cccc2c1CN(C1CCC(=O)NC1=O)C2=O)c1ccc(CN2CC(C)OC(C)C2)cc1F. The van der Waals surface area contributed by atoms with Crippen molar-refractivity contribution < 1.29 is 31.0 Å². The van der Waals surface area contributed by atoms with Crippen LogP contribution in [0.15, 0.2) is 36.4 Å². The molecule has 5 rings (SSSR count). The van der Waals surface area contributed by atoms with Crippen molar-refractivity contribution in [2.75, 3.05) is 13.1 Å². The van der Waals surface area contributed by atoms with E-state index in [1.54, 1.807) is 18.2 Å². The predicted octanol–water partition coefficient (Wildman–Crippen LogP) is 2.77. The third-order valence-electron chi connectivity index (χ3n) is 6.74. The fraction of sp³-hybridized carbons (Fsp3) is 0.444. The minimum absolute atomic E-state index is 0.0184. The molecule has 3 aliphatic rings. The van der Waals surface area contributed by atoms with Gasteiger partial charge < -0.3 is 14.4 Å². The molecule has 36 heavy (non-hydrogen) atoms. The van der Waals surface area contributed by atoms with Crippen LogP contribution in [0, 0.1) is 5.82 Å². The van der Waals surface area contributed by atoms with E-state index in [1.165, 1.54) is 23.1 Å². The van der Waals surface area contributed by atoms with Gasteiger partial charge in [0.15, 0.2) is 0 Å². The third-order valence-corrected chi connectivity index (χ3v) is 6.74. The molecule has 3 amide bonds. The molecule has 1 N–H and O–H groups in total. The van der Waals surface area contributed by atoms with Crippen molar-refractivity contribution in [1.82, 2.24) is 15.1 Å². The van der Waals surface area contributed by atoms with E-state index in [4.69, 9.17) is 12.2 Å². The number of fused-ring (bicyclic) bond motifs is 1. The quantitative estimate of drug-likeness (QED) is 0.618. The number of carbonyl (C=O) groups is 3. The number of carbonyl (C=O) groups excluding carboxylic acids is 3. The summed E-state index contributed by atoms with van der Waals surface area (Å²) in [4.78, 5) is 40.4. The normalized spacial score (nSPS) is 25.8. The van der Waals surface area contributed by atoms with Crippen molar-refractivity contribution in [3.63, 3.8) is 0 Å². The zero-order valence-corrected chi connectivity index (χ0v) is 20.3. The first-order chi connectivity index (χ1) is 18.0. The lowest BCUT2D eigenvalue weighted by molar-refractivity contribution is -0.136. The zero-order chi connectivity index (χ0) is 27.2. The summed E-state index contributed by atoms with van der Waals surface area (Å²) >= 11 is 0. The maximum atomic E-state index is 15.2. The molecule has 0 aromatic heterocycles. The van der Waals surface area contributed by atoms with Gasteiger partial charge in [-0.1, -0.05) is 18.2 Å². The smallest absolute Gasteiger partial charge is 0.255 e. The molecule has 3 aliphatic heterocycles. The molecule has 2 aromatic carbocycles. The van der Waals surface area contributed by atoms with Crippen molar-refractivity contribution in [2.24, 2.45) is 0 Å². The molecular weight excluding hydrogens is 465 g/mol. The van der Waals surface area contributed by atoms with E-state index in [1.807, 2.05) is 13.8 Å². The van der Waals surface area contributed by atoms with E-state index in [9.17, 15) is 14.4 Å². The predicted molar refractivity (Wildman–Crippen MR) is 129 cm³/mol. The summed E-state index contributed by atoms with van der Waals surface area (Å²) < 4.78 is 43.6. The minimum Gasteiger partial charge on any atom is -0.488 e. The van der Waals surface area contributed by atoms with Gasteiger partial charge in [0.25, 0.3) is 5.91 Å². The Hall–Kier alpha value is -3.30. The van der Waals surface area contributed by atoms with Crippen molar-refractivity contribution in [3.8, 4) is 5.75 Å². The fourth-order valence-corrected chi connectivity index (χ4v) is 5.17. The van der Waals surface area contributed by atoms with Gasteiger partial charge >= 0.3 is 0 Å². The van der Waals surface area contributed by atoms with Gasteiger partial charge in [0.05, 0.1) is 21.5 Å². The number of nitrogens with zero attached hydrogens (tertiary/aromatic N) is 2. The van der Waals surface area contributed by atoms with Crippen LogP contribution < -0.4 is 10.1 Å². The standard InChI is InChI=1S/C27H30FN3O5/c1-16-11-30(12-17(2)36-16)13-18-6-7-19(22(28)10-18)15-35-24-5-3-4-20-21(24)14-31(27(20)34)23-8-9-25(32)29-26(23)33/h3-7,10,16-17,23H,8-9,11-15H2,1-2H3,(H,29,32,33)/i15D2. The lowest BCUT2D eigenvalue weighted by atomic mass is 10.0.